The molecule has 0 amide bonds. The van der Waals surface area contributed by atoms with Crippen molar-refractivity contribution in [3.8, 4) is 0 Å². The fourth-order valence-electron chi connectivity index (χ4n) is 2.22. The Labute approximate surface area is 109 Å². The van der Waals surface area contributed by atoms with E-state index in [1.807, 2.05) is 25.5 Å². The van der Waals surface area contributed by atoms with Crippen LogP contribution in [0.1, 0.15) is 30.0 Å². The Morgan fingerprint density at radius 3 is 2.61 bits per heavy atom. The predicted octanol–water partition coefficient (Wildman–Crippen LogP) is 3.37. The van der Waals surface area contributed by atoms with Crippen molar-refractivity contribution in [1.29, 1.82) is 0 Å². The second-order valence-corrected chi connectivity index (χ2v) is 4.51. The van der Waals surface area contributed by atoms with E-state index in [9.17, 15) is 0 Å². The minimum Gasteiger partial charge on any atom is -0.313 e. The third-order valence-electron chi connectivity index (χ3n) is 3.23. The highest BCUT2D eigenvalue weighted by molar-refractivity contribution is 5.18. The van der Waals surface area contributed by atoms with Gasteiger partial charge in [-0.2, -0.15) is 0 Å². The van der Waals surface area contributed by atoms with Gasteiger partial charge in [0.2, 0.25) is 0 Å². The molecule has 1 aromatic carbocycles. The van der Waals surface area contributed by atoms with Crippen LogP contribution in [-0.2, 0) is 6.42 Å². The van der Waals surface area contributed by atoms with Gasteiger partial charge in [0.25, 0.3) is 0 Å². The Balaban J connectivity index is 1.85. The first-order chi connectivity index (χ1) is 8.90. The van der Waals surface area contributed by atoms with Crippen molar-refractivity contribution in [2.75, 3.05) is 7.05 Å². The zero-order valence-electron chi connectivity index (χ0n) is 10.8. The van der Waals surface area contributed by atoms with Crippen molar-refractivity contribution in [3.63, 3.8) is 0 Å². The Hall–Kier alpha value is -1.67. The zero-order chi connectivity index (χ0) is 12.6. The quantitative estimate of drug-likeness (QED) is 0.837. The van der Waals surface area contributed by atoms with Crippen molar-refractivity contribution in [3.05, 3.63) is 66.0 Å². The molecule has 1 aromatic heterocycles. The number of nitrogens with one attached hydrogen (secondary N) is 1. The maximum absolute atomic E-state index is 4.15. The van der Waals surface area contributed by atoms with Gasteiger partial charge in [0.05, 0.1) is 0 Å². The summed E-state index contributed by atoms with van der Waals surface area (Å²) in [5, 5.41) is 3.39. The molecule has 0 aliphatic heterocycles. The van der Waals surface area contributed by atoms with E-state index >= 15 is 0 Å². The van der Waals surface area contributed by atoms with Gasteiger partial charge in [0.15, 0.2) is 0 Å². The molecular weight excluding hydrogens is 220 g/mol. The summed E-state index contributed by atoms with van der Waals surface area (Å²) in [6, 6.07) is 15.2. The maximum atomic E-state index is 4.15. The van der Waals surface area contributed by atoms with E-state index in [1.54, 1.807) is 0 Å². The topological polar surface area (TPSA) is 24.9 Å². The number of hydrogen-bond acceptors (Lipinski definition) is 2. The van der Waals surface area contributed by atoms with Crippen molar-refractivity contribution in [2.24, 2.45) is 0 Å². The van der Waals surface area contributed by atoms with E-state index < -0.39 is 0 Å². The van der Waals surface area contributed by atoms with Gasteiger partial charge < -0.3 is 5.32 Å². The zero-order valence-corrected chi connectivity index (χ0v) is 10.8. The van der Waals surface area contributed by atoms with Crippen molar-refractivity contribution < 1.29 is 0 Å². The van der Waals surface area contributed by atoms with Gasteiger partial charge >= 0.3 is 0 Å². The number of nitrogens with zero attached hydrogens (tertiary/aromatic N) is 1. The summed E-state index contributed by atoms with van der Waals surface area (Å²) in [6.07, 6.45) is 7.20. The highest BCUT2D eigenvalue weighted by Gasteiger charge is 2.07. The number of aryl methyl sites for hydroxylation is 1. The monoisotopic (exact) mass is 240 g/mol. The summed E-state index contributed by atoms with van der Waals surface area (Å²) in [4.78, 5) is 4.15. The average Bonchev–Trinajstić information content (AvgIpc) is 2.46. The summed E-state index contributed by atoms with van der Waals surface area (Å²) in [7, 11) is 2.03. The standard InChI is InChI=1S/C16H20N2/c1-17-16(15-9-3-2-4-10-15)11-5-7-14-8-6-12-18-13-14/h2-4,6,8-10,12-13,16-17H,5,7,11H2,1H3/t16-/m1/s1. The molecule has 1 heterocycles. The molecule has 0 saturated carbocycles. The van der Waals surface area contributed by atoms with Gasteiger partial charge in [-0.05, 0) is 43.5 Å². The second kappa shape index (κ2) is 6.92. The van der Waals surface area contributed by atoms with Crippen LogP contribution in [0.5, 0.6) is 0 Å². The number of pyridine rings is 1. The molecule has 2 heteroatoms. The summed E-state index contributed by atoms with van der Waals surface area (Å²) in [5.41, 5.74) is 2.69. The molecule has 2 aromatic rings. The number of rotatable bonds is 6. The normalized spacial score (nSPS) is 12.3. The number of benzene rings is 1. The van der Waals surface area contributed by atoms with E-state index in [1.165, 1.54) is 17.5 Å². The lowest BCUT2D eigenvalue weighted by Gasteiger charge is -2.16. The fourth-order valence-corrected chi connectivity index (χ4v) is 2.22. The van der Waals surface area contributed by atoms with Gasteiger partial charge in [0.1, 0.15) is 0 Å². The Morgan fingerprint density at radius 1 is 1.11 bits per heavy atom. The lowest BCUT2D eigenvalue weighted by Crippen LogP contribution is -2.16. The summed E-state index contributed by atoms with van der Waals surface area (Å²) < 4.78 is 0. The smallest absolute Gasteiger partial charge is 0.0317 e. The summed E-state index contributed by atoms with van der Waals surface area (Å²) in [6.45, 7) is 0. The molecule has 94 valence electrons. The largest absolute Gasteiger partial charge is 0.313 e. The second-order valence-electron chi connectivity index (χ2n) is 4.51. The van der Waals surface area contributed by atoms with Crippen molar-refractivity contribution in [1.82, 2.24) is 10.3 Å². The Kier molecular flexibility index (Phi) is 4.91. The van der Waals surface area contributed by atoms with Crippen molar-refractivity contribution in [2.45, 2.75) is 25.3 Å². The molecule has 0 radical (unpaired) electrons. The van der Waals surface area contributed by atoms with E-state index in [0.717, 1.165) is 12.8 Å². The molecule has 2 nitrogen and oxygen atoms in total. The average molecular weight is 240 g/mol. The molecule has 0 fully saturated rings. The first-order valence-electron chi connectivity index (χ1n) is 6.51. The van der Waals surface area contributed by atoms with Crippen LogP contribution in [0.3, 0.4) is 0 Å². The highest BCUT2D eigenvalue weighted by Crippen LogP contribution is 2.18. The fraction of sp³-hybridized carbons (Fsp3) is 0.312. The van der Waals surface area contributed by atoms with Gasteiger partial charge in [-0.25, -0.2) is 0 Å². The predicted molar refractivity (Wildman–Crippen MR) is 75.4 cm³/mol. The van der Waals surface area contributed by atoms with Gasteiger partial charge in [-0.3, -0.25) is 4.98 Å². The summed E-state index contributed by atoms with van der Waals surface area (Å²) in [5.74, 6) is 0. The van der Waals surface area contributed by atoms with Crippen LogP contribution >= 0.6 is 0 Å². The minimum absolute atomic E-state index is 0.447. The van der Waals surface area contributed by atoms with Crippen LogP contribution in [0, 0.1) is 0 Å². The van der Waals surface area contributed by atoms with Crippen LogP contribution in [-0.4, -0.2) is 12.0 Å². The molecule has 0 aliphatic rings. The lowest BCUT2D eigenvalue weighted by molar-refractivity contribution is 0.527. The van der Waals surface area contributed by atoms with Gasteiger partial charge in [0, 0.05) is 18.4 Å². The number of aromatic nitrogens is 1. The van der Waals surface area contributed by atoms with E-state index in [4.69, 9.17) is 0 Å². The maximum Gasteiger partial charge on any atom is 0.0317 e. The van der Waals surface area contributed by atoms with E-state index in [2.05, 4.69) is 46.7 Å². The molecule has 0 aliphatic carbocycles. The van der Waals surface area contributed by atoms with Crippen LogP contribution in [0.25, 0.3) is 0 Å². The van der Waals surface area contributed by atoms with Crippen molar-refractivity contribution >= 4 is 0 Å². The molecule has 0 spiro atoms. The van der Waals surface area contributed by atoms with Crippen LogP contribution in [0.2, 0.25) is 0 Å². The molecule has 0 saturated heterocycles. The first kappa shape index (κ1) is 12.8. The molecule has 18 heavy (non-hydrogen) atoms. The molecule has 1 N–H and O–H groups in total. The molecule has 0 bridgehead atoms. The van der Waals surface area contributed by atoms with Crippen LogP contribution in [0.15, 0.2) is 54.9 Å². The lowest BCUT2D eigenvalue weighted by atomic mass is 10.00. The first-order valence-corrected chi connectivity index (χ1v) is 6.51. The van der Waals surface area contributed by atoms with Gasteiger partial charge in [-0.1, -0.05) is 36.4 Å². The van der Waals surface area contributed by atoms with Gasteiger partial charge in [-0.15, -0.1) is 0 Å². The van der Waals surface area contributed by atoms with E-state index in [0.29, 0.717) is 6.04 Å². The molecule has 0 unspecified atom stereocenters. The Bertz CT molecular complexity index is 439. The van der Waals surface area contributed by atoms with Crippen LogP contribution in [0.4, 0.5) is 0 Å². The SMILES string of the molecule is CN[C@H](CCCc1cccnc1)c1ccccc1. The van der Waals surface area contributed by atoms with E-state index in [-0.39, 0.29) is 0 Å². The Morgan fingerprint density at radius 2 is 1.94 bits per heavy atom. The third-order valence-corrected chi connectivity index (χ3v) is 3.23. The molecule has 1 atom stereocenters. The summed E-state index contributed by atoms with van der Waals surface area (Å²) >= 11 is 0. The number of hydrogen-bond donors (Lipinski definition) is 1. The van der Waals surface area contributed by atoms with Crippen LogP contribution < -0.4 is 5.32 Å². The third kappa shape index (κ3) is 3.67. The molecule has 2 rings (SSSR count). The highest BCUT2D eigenvalue weighted by atomic mass is 14.9. The minimum atomic E-state index is 0.447. The molecular formula is C16H20N2.